The van der Waals surface area contributed by atoms with Gasteiger partial charge < -0.3 is 14.5 Å². The van der Waals surface area contributed by atoms with Gasteiger partial charge in [0.25, 0.3) is 0 Å². The quantitative estimate of drug-likeness (QED) is 0.543. The molecule has 0 saturated carbocycles. The van der Waals surface area contributed by atoms with E-state index in [-0.39, 0.29) is 11.9 Å². The Bertz CT molecular complexity index is 1190. The topological polar surface area (TPSA) is 69.2 Å². The van der Waals surface area contributed by atoms with Crippen LogP contribution in [0, 0.1) is 0 Å². The summed E-state index contributed by atoms with van der Waals surface area (Å²) in [6, 6.07) is 3.14. The van der Waals surface area contributed by atoms with Gasteiger partial charge in [-0.3, -0.25) is 14.6 Å². The van der Waals surface area contributed by atoms with Gasteiger partial charge in [-0.05, 0) is 45.4 Å². The number of rotatable bonds is 3. The minimum Gasteiger partial charge on any atom is -0.444 e. The zero-order valence-electron chi connectivity index (χ0n) is 21.7. The first-order chi connectivity index (χ1) is 17.9. The van der Waals surface area contributed by atoms with Crippen LogP contribution in [0.4, 0.5) is 23.1 Å². The smallest absolute Gasteiger partial charge is 0.416 e. The Kier molecular flexibility index (Phi) is 7.46. The average molecular weight is 572 g/mol. The molecule has 2 aromatic rings. The van der Waals surface area contributed by atoms with Gasteiger partial charge in [0.15, 0.2) is 5.13 Å². The van der Waals surface area contributed by atoms with Gasteiger partial charge in [-0.1, -0.05) is 11.3 Å². The largest absolute Gasteiger partial charge is 0.444 e. The van der Waals surface area contributed by atoms with Crippen molar-refractivity contribution < 1.29 is 27.5 Å². The van der Waals surface area contributed by atoms with Crippen molar-refractivity contribution in [2.75, 3.05) is 55.8 Å². The number of fused-ring (bicyclic) bond motifs is 1. The molecule has 0 spiro atoms. The molecule has 38 heavy (non-hydrogen) atoms. The summed E-state index contributed by atoms with van der Waals surface area (Å²) in [7, 11) is 0. The molecule has 4 heterocycles. The molecule has 2 amide bonds. The van der Waals surface area contributed by atoms with Crippen LogP contribution in [-0.2, 0) is 15.7 Å². The van der Waals surface area contributed by atoms with E-state index < -0.39 is 29.5 Å². The fourth-order valence-electron chi connectivity index (χ4n) is 5.14. The molecule has 0 radical (unpaired) electrons. The molecular weight excluding hydrogens is 539 g/mol. The van der Waals surface area contributed by atoms with Crippen LogP contribution in [0.5, 0.6) is 0 Å². The molecular formula is C25H32F3N5O3S2. The first kappa shape index (κ1) is 27.3. The predicted molar refractivity (Wildman–Crippen MR) is 143 cm³/mol. The van der Waals surface area contributed by atoms with Crippen LogP contribution in [0.2, 0.25) is 0 Å². The maximum absolute atomic E-state index is 13.3. The predicted octanol–water partition coefficient (Wildman–Crippen LogP) is 4.35. The highest BCUT2D eigenvalue weighted by atomic mass is 32.2. The van der Waals surface area contributed by atoms with Gasteiger partial charge in [-0.15, -0.1) is 11.8 Å². The summed E-state index contributed by atoms with van der Waals surface area (Å²) in [6.07, 6.45) is -4.29. The summed E-state index contributed by atoms with van der Waals surface area (Å²) in [6.45, 7) is 9.30. The summed E-state index contributed by atoms with van der Waals surface area (Å²) in [4.78, 5) is 38.8. The fourth-order valence-corrected chi connectivity index (χ4v) is 7.15. The number of halogens is 3. The van der Waals surface area contributed by atoms with Gasteiger partial charge in [0.2, 0.25) is 5.91 Å². The van der Waals surface area contributed by atoms with Gasteiger partial charge in [0.05, 0.1) is 21.7 Å². The molecule has 0 aliphatic carbocycles. The number of likely N-dealkylation sites (tertiary alicyclic amines) is 1. The van der Waals surface area contributed by atoms with Crippen LogP contribution in [0.25, 0.3) is 10.2 Å². The minimum absolute atomic E-state index is 0.0188. The van der Waals surface area contributed by atoms with E-state index in [2.05, 4.69) is 14.8 Å². The van der Waals surface area contributed by atoms with Crippen LogP contribution in [0.3, 0.4) is 0 Å². The Labute approximate surface area is 228 Å². The number of benzene rings is 1. The van der Waals surface area contributed by atoms with Crippen LogP contribution in [0.15, 0.2) is 18.2 Å². The second kappa shape index (κ2) is 10.4. The number of ether oxygens (including phenoxy) is 1. The molecule has 0 unspecified atom stereocenters. The Hall–Kier alpha value is -2.25. The molecule has 13 heteroatoms. The number of piperazine rings is 1. The maximum atomic E-state index is 13.3. The van der Waals surface area contributed by atoms with E-state index in [0.717, 1.165) is 17.9 Å². The number of carbonyl (C=O) groups excluding carboxylic acids is 2. The molecule has 3 aliphatic rings. The Morgan fingerprint density at radius 3 is 2.45 bits per heavy atom. The van der Waals surface area contributed by atoms with Gasteiger partial charge in [-0.25, -0.2) is 9.78 Å². The second-order valence-electron chi connectivity index (χ2n) is 10.9. The van der Waals surface area contributed by atoms with Gasteiger partial charge >= 0.3 is 12.3 Å². The zero-order valence-corrected chi connectivity index (χ0v) is 23.3. The Morgan fingerprint density at radius 1 is 1.08 bits per heavy atom. The van der Waals surface area contributed by atoms with Crippen molar-refractivity contribution in [1.82, 2.24) is 19.7 Å². The molecule has 3 fully saturated rings. The van der Waals surface area contributed by atoms with E-state index in [1.807, 2.05) is 25.7 Å². The number of carbonyl (C=O) groups is 2. The lowest BCUT2D eigenvalue weighted by Gasteiger charge is -2.37. The van der Waals surface area contributed by atoms with Crippen molar-refractivity contribution in [1.29, 1.82) is 0 Å². The summed E-state index contributed by atoms with van der Waals surface area (Å²) < 4.78 is 45.5. The number of nitrogens with zero attached hydrogens (tertiary/aromatic N) is 5. The lowest BCUT2D eigenvalue weighted by Crippen LogP contribution is -2.51. The number of amides is 2. The number of aromatic nitrogens is 1. The van der Waals surface area contributed by atoms with E-state index >= 15 is 0 Å². The Morgan fingerprint density at radius 2 is 1.82 bits per heavy atom. The van der Waals surface area contributed by atoms with Crippen LogP contribution < -0.4 is 4.90 Å². The van der Waals surface area contributed by atoms with Crippen LogP contribution >= 0.6 is 23.1 Å². The molecule has 0 N–H and O–H groups in total. The molecule has 2 atom stereocenters. The van der Waals surface area contributed by atoms with Crippen molar-refractivity contribution in [3.8, 4) is 0 Å². The van der Waals surface area contributed by atoms with E-state index in [4.69, 9.17) is 4.74 Å². The van der Waals surface area contributed by atoms with Crippen molar-refractivity contribution in [3.63, 3.8) is 0 Å². The third kappa shape index (κ3) is 5.84. The van der Waals surface area contributed by atoms with E-state index in [1.165, 1.54) is 17.4 Å². The van der Waals surface area contributed by atoms with Crippen molar-refractivity contribution in [2.24, 2.45) is 0 Å². The maximum Gasteiger partial charge on any atom is 0.416 e. The molecule has 0 bridgehead atoms. The van der Waals surface area contributed by atoms with Crippen molar-refractivity contribution in [2.45, 2.75) is 51.1 Å². The number of thiazole rings is 1. The molecule has 1 aromatic heterocycles. The lowest BCUT2D eigenvalue weighted by atomic mass is 10.1. The number of hydrogen-bond donors (Lipinski definition) is 0. The average Bonchev–Trinajstić information content (AvgIpc) is 3.61. The Balaban J connectivity index is 1.25. The lowest BCUT2D eigenvalue weighted by molar-refractivity contribution is -0.137. The second-order valence-corrected chi connectivity index (χ2v) is 13.0. The highest BCUT2D eigenvalue weighted by Crippen LogP contribution is 2.36. The highest BCUT2D eigenvalue weighted by molar-refractivity contribution is 7.99. The van der Waals surface area contributed by atoms with E-state index in [0.29, 0.717) is 66.9 Å². The summed E-state index contributed by atoms with van der Waals surface area (Å²) in [5.74, 6) is 1.53. The van der Waals surface area contributed by atoms with Crippen LogP contribution in [-0.4, -0.2) is 100 Å². The summed E-state index contributed by atoms with van der Waals surface area (Å²) in [5.41, 5.74) is -0.765. The number of thioether (sulfide) groups is 1. The fraction of sp³-hybridized carbons (Fsp3) is 0.640. The van der Waals surface area contributed by atoms with Crippen molar-refractivity contribution in [3.05, 3.63) is 23.8 Å². The van der Waals surface area contributed by atoms with E-state index in [1.54, 1.807) is 16.7 Å². The number of alkyl halides is 3. The molecule has 3 saturated heterocycles. The van der Waals surface area contributed by atoms with Gasteiger partial charge in [-0.2, -0.15) is 13.2 Å². The molecule has 8 nitrogen and oxygen atoms in total. The third-order valence-corrected chi connectivity index (χ3v) is 9.11. The van der Waals surface area contributed by atoms with Crippen molar-refractivity contribution >= 4 is 50.4 Å². The number of hydrogen-bond acceptors (Lipinski definition) is 8. The standard InChI is InChI=1S/C25H32F3N5O3S2/c1-24(2,3)36-23(35)33-14-17(13-19(33)21(34)32-10-11-37-15-32)30-6-8-31(9-7-30)22-29-18-5-4-16(25(26,27)28)12-20(18)38-22/h4-5,12,17,19H,6-11,13-15H2,1-3H3/t17-,19-/m0/s1. The normalized spacial score (nSPS) is 23.5. The number of anilines is 1. The zero-order chi connectivity index (χ0) is 27.2. The molecule has 3 aliphatic heterocycles. The van der Waals surface area contributed by atoms with Crippen LogP contribution in [0.1, 0.15) is 32.8 Å². The monoisotopic (exact) mass is 571 g/mol. The summed E-state index contributed by atoms with van der Waals surface area (Å²) in [5, 5.41) is 0.709. The molecule has 1 aromatic carbocycles. The molecule has 208 valence electrons. The molecule has 5 rings (SSSR count). The van der Waals surface area contributed by atoms with Gasteiger partial charge in [0, 0.05) is 51.1 Å². The first-order valence-electron chi connectivity index (χ1n) is 12.7. The summed E-state index contributed by atoms with van der Waals surface area (Å²) >= 11 is 2.98. The first-order valence-corrected chi connectivity index (χ1v) is 14.7. The SMILES string of the molecule is CC(C)(C)OC(=O)N1C[C@@H](N2CCN(c3nc4ccc(C(F)(F)F)cc4s3)CC2)C[C@H]1C(=O)N1CCSC1. The van der Waals surface area contributed by atoms with Gasteiger partial charge in [0.1, 0.15) is 11.6 Å². The van der Waals surface area contributed by atoms with E-state index in [9.17, 15) is 22.8 Å². The third-order valence-electron chi connectivity index (χ3n) is 7.06. The highest BCUT2D eigenvalue weighted by Gasteiger charge is 2.45. The minimum atomic E-state index is -4.38.